The summed E-state index contributed by atoms with van der Waals surface area (Å²) < 4.78 is 0. The van der Waals surface area contributed by atoms with Gasteiger partial charge in [-0.05, 0) is 59.7 Å². The van der Waals surface area contributed by atoms with Crippen molar-refractivity contribution in [2.75, 3.05) is 0 Å². The van der Waals surface area contributed by atoms with Crippen LogP contribution in [0, 0.1) is 17.0 Å². The van der Waals surface area contributed by atoms with Crippen LogP contribution in [0.15, 0.2) is 86.0 Å². The zero-order chi connectivity index (χ0) is 22.2. The first-order valence-corrected chi connectivity index (χ1v) is 10.2. The number of nitrogens with zero attached hydrogens (tertiary/aromatic N) is 1. The maximum absolute atomic E-state index is 13.3. The molecule has 0 heterocycles. The second-order valence-electron chi connectivity index (χ2n) is 7.96. The van der Waals surface area contributed by atoms with Gasteiger partial charge in [0.1, 0.15) is 0 Å². The third-order valence-electron chi connectivity index (χ3n) is 6.19. The van der Waals surface area contributed by atoms with E-state index in [1.54, 1.807) is 6.07 Å². The molecule has 0 amide bonds. The molecule has 0 bridgehead atoms. The quantitative estimate of drug-likeness (QED) is 0.192. The van der Waals surface area contributed by atoms with Gasteiger partial charge in [0.15, 0.2) is 5.78 Å². The normalized spacial score (nSPS) is 13.2. The number of benzene rings is 3. The number of fused-ring (bicyclic) bond motifs is 3. The smallest absolute Gasteiger partial charge is 0.269 e. The van der Waals surface area contributed by atoms with E-state index >= 15 is 0 Å². The average molecular weight is 409 g/mol. The Morgan fingerprint density at radius 1 is 0.968 bits per heavy atom. The predicted molar refractivity (Wildman–Crippen MR) is 124 cm³/mol. The molecule has 3 aromatic rings. The number of carbonyl (C=O) groups is 1. The molecule has 0 atom stereocenters. The van der Waals surface area contributed by atoms with E-state index in [2.05, 4.69) is 13.2 Å². The molecule has 4 heteroatoms. The predicted octanol–water partition coefficient (Wildman–Crippen LogP) is 6.55. The summed E-state index contributed by atoms with van der Waals surface area (Å²) in [6.07, 6.45) is 4.83. The molecule has 0 radical (unpaired) electrons. The minimum absolute atomic E-state index is 0.0334. The van der Waals surface area contributed by atoms with Crippen molar-refractivity contribution in [3.63, 3.8) is 0 Å². The van der Waals surface area contributed by atoms with Gasteiger partial charge in [0.25, 0.3) is 5.69 Å². The van der Waals surface area contributed by atoms with Crippen LogP contribution < -0.4 is 0 Å². The number of nitro groups is 1. The zero-order valence-corrected chi connectivity index (χ0v) is 17.4. The second-order valence-corrected chi connectivity index (χ2v) is 7.96. The number of carbonyl (C=O) groups excluding carboxylic acids is 1. The molecule has 0 unspecified atom stereocenters. The van der Waals surface area contributed by atoms with Crippen molar-refractivity contribution in [1.29, 1.82) is 0 Å². The first-order chi connectivity index (χ1) is 14.9. The molecule has 0 spiro atoms. The Morgan fingerprint density at radius 2 is 1.58 bits per heavy atom. The highest BCUT2D eigenvalue weighted by atomic mass is 16.6. The van der Waals surface area contributed by atoms with Gasteiger partial charge in [-0.3, -0.25) is 14.9 Å². The topological polar surface area (TPSA) is 60.2 Å². The minimum atomic E-state index is -0.539. The lowest BCUT2D eigenvalue weighted by Gasteiger charge is -2.30. The SMILES string of the molecule is C=CCC1(CC=C)c2cc(C(=O)c3ccccc3C)ccc2-c2ccc([N+](=O)[O-])cc21. The third kappa shape index (κ3) is 3.21. The number of nitro benzene ring substituents is 1. The van der Waals surface area contributed by atoms with E-state index in [-0.39, 0.29) is 16.4 Å². The van der Waals surface area contributed by atoms with Crippen molar-refractivity contribution in [1.82, 2.24) is 0 Å². The lowest BCUT2D eigenvalue weighted by molar-refractivity contribution is -0.384. The Balaban J connectivity index is 1.94. The summed E-state index contributed by atoms with van der Waals surface area (Å²) in [4.78, 5) is 24.4. The molecule has 4 rings (SSSR count). The molecule has 0 saturated heterocycles. The first kappa shape index (κ1) is 20.5. The standard InChI is InChI=1S/C27H23NO3/c1-4-14-27(15-5-2)24-16-19(26(29)21-9-7-6-8-18(21)3)10-12-22(24)23-13-11-20(28(30)31)17-25(23)27/h4-13,16-17H,1-2,14-15H2,3H3. The van der Waals surface area contributed by atoms with E-state index in [0.29, 0.717) is 24.0 Å². The maximum atomic E-state index is 13.3. The van der Waals surface area contributed by atoms with E-state index in [1.807, 2.05) is 67.6 Å². The van der Waals surface area contributed by atoms with Crippen LogP contribution in [0.5, 0.6) is 0 Å². The summed E-state index contributed by atoms with van der Waals surface area (Å²) >= 11 is 0. The molecule has 1 aliphatic carbocycles. The fourth-order valence-electron chi connectivity index (χ4n) is 4.74. The fraction of sp³-hybridized carbons (Fsp3) is 0.148. The van der Waals surface area contributed by atoms with Crippen LogP contribution >= 0.6 is 0 Å². The molecule has 1 aliphatic rings. The second kappa shape index (κ2) is 7.80. The van der Waals surface area contributed by atoms with Crippen molar-refractivity contribution < 1.29 is 9.72 Å². The molecule has 0 aromatic heterocycles. The summed E-state index contributed by atoms with van der Waals surface area (Å²) in [7, 11) is 0. The fourth-order valence-corrected chi connectivity index (χ4v) is 4.74. The monoisotopic (exact) mass is 409 g/mol. The Kier molecular flexibility index (Phi) is 5.15. The van der Waals surface area contributed by atoms with E-state index in [0.717, 1.165) is 27.8 Å². The van der Waals surface area contributed by atoms with E-state index < -0.39 is 5.41 Å². The molecule has 0 N–H and O–H groups in total. The van der Waals surface area contributed by atoms with Gasteiger partial charge in [0.05, 0.1) is 4.92 Å². The number of hydrogen-bond acceptors (Lipinski definition) is 3. The third-order valence-corrected chi connectivity index (χ3v) is 6.19. The lowest BCUT2D eigenvalue weighted by Crippen LogP contribution is -2.24. The van der Waals surface area contributed by atoms with Crippen LogP contribution in [0.25, 0.3) is 11.1 Å². The van der Waals surface area contributed by atoms with Crippen molar-refractivity contribution in [2.24, 2.45) is 0 Å². The van der Waals surface area contributed by atoms with Crippen molar-refractivity contribution in [3.8, 4) is 11.1 Å². The molecular weight excluding hydrogens is 386 g/mol. The Bertz CT molecular complexity index is 1230. The molecule has 3 aromatic carbocycles. The van der Waals surface area contributed by atoms with Crippen molar-refractivity contribution >= 4 is 11.5 Å². The largest absolute Gasteiger partial charge is 0.289 e. The van der Waals surface area contributed by atoms with Gasteiger partial charge in [-0.15, -0.1) is 13.2 Å². The molecule has 4 nitrogen and oxygen atoms in total. The van der Waals surface area contributed by atoms with Crippen molar-refractivity contribution in [2.45, 2.75) is 25.2 Å². The molecule has 154 valence electrons. The number of hydrogen-bond donors (Lipinski definition) is 0. The molecule has 0 fully saturated rings. The summed E-state index contributed by atoms with van der Waals surface area (Å²) in [6.45, 7) is 9.80. The van der Waals surface area contributed by atoms with Crippen LogP contribution in [-0.2, 0) is 5.41 Å². The molecule has 31 heavy (non-hydrogen) atoms. The zero-order valence-electron chi connectivity index (χ0n) is 17.4. The first-order valence-electron chi connectivity index (χ1n) is 10.2. The van der Waals surface area contributed by atoms with Crippen LogP contribution in [0.1, 0.15) is 45.5 Å². The highest BCUT2D eigenvalue weighted by Crippen LogP contribution is 2.54. The maximum Gasteiger partial charge on any atom is 0.269 e. The molecular formula is C27H23NO3. The number of non-ortho nitro benzene ring substituents is 1. The number of allylic oxidation sites excluding steroid dienone is 2. The van der Waals surface area contributed by atoms with Gasteiger partial charge >= 0.3 is 0 Å². The summed E-state index contributed by atoms with van der Waals surface area (Å²) in [5.41, 5.74) is 5.55. The van der Waals surface area contributed by atoms with Crippen LogP contribution in [0.3, 0.4) is 0 Å². The van der Waals surface area contributed by atoms with Gasteiger partial charge in [0, 0.05) is 28.7 Å². The van der Waals surface area contributed by atoms with Crippen molar-refractivity contribution in [3.05, 3.63) is 124 Å². The lowest BCUT2D eigenvalue weighted by atomic mass is 9.72. The van der Waals surface area contributed by atoms with Crippen LogP contribution in [0.4, 0.5) is 5.69 Å². The highest BCUT2D eigenvalue weighted by molar-refractivity contribution is 6.10. The molecule has 0 saturated carbocycles. The van der Waals surface area contributed by atoms with Gasteiger partial charge in [-0.2, -0.15) is 0 Å². The van der Waals surface area contributed by atoms with E-state index in [1.165, 1.54) is 6.07 Å². The Labute approximate surface area is 181 Å². The van der Waals surface area contributed by atoms with Gasteiger partial charge in [0.2, 0.25) is 0 Å². The van der Waals surface area contributed by atoms with Gasteiger partial charge in [-0.1, -0.05) is 48.6 Å². The van der Waals surface area contributed by atoms with E-state index in [9.17, 15) is 14.9 Å². The van der Waals surface area contributed by atoms with Gasteiger partial charge < -0.3 is 0 Å². The molecule has 0 aliphatic heterocycles. The number of rotatable bonds is 7. The summed E-state index contributed by atoms with van der Waals surface area (Å²) in [6, 6.07) is 18.3. The Morgan fingerprint density at radius 3 is 2.19 bits per heavy atom. The number of aryl methyl sites for hydroxylation is 1. The summed E-state index contributed by atoms with van der Waals surface area (Å²) in [5, 5.41) is 11.5. The van der Waals surface area contributed by atoms with Crippen LogP contribution in [0.2, 0.25) is 0 Å². The Hall–Kier alpha value is -3.79. The van der Waals surface area contributed by atoms with E-state index in [4.69, 9.17) is 0 Å². The highest BCUT2D eigenvalue weighted by Gasteiger charge is 2.42. The van der Waals surface area contributed by atoms with Gasteiger partial charge in [-0.25, -0.2) is 0 Å². The summed E-state index contributed by atoms with van der Waals surface area (Å²) in [5.74, 6) is -0.0334. The van der Waals surface area contributed by atoms with Crippen LogP contribution in [-0.4, -0.2) is 10.7 Å². The number of ketones is 1. The minimum Gasteiger partial charge on any atom is -0.289 e. The average Bonchev–Trinajstić information content (AvgIpc) is 3.03.